The Morgan fingerprint density at radius 2 is 1.68 bits per heavy atom. The van der Waals surface area contributed by atoms with Crippen LogP contribution in [0.15, 0.2) is 72.8 Å². The largest absolute Gasteiger partial charge is 0.490 e. The van der Waals surface area contributed by atoms with Gasteiger partial charge in [-0.05, 0) is 90.9 Å². The number of ketones is 1. The normalized spacial score (nSPS) is 12.5. The van der Waals surface area contributed by atoms with Crippen LogP contribution >= 0.6 is 11.6 Å². The number of allylic oxidation sites excluding steroid dienone is 1. The molecule has 0 saturated heterocycles. The lowest BCUT2D eigenvalue weighted by atomic mass is 9.98. The summed E-state index contributed by atoms with van der Waals surface area (Å²) in [4.78, 5) is 11.4. The van der Waals surface area contributed by atoms with Crippen molar-refractivity contribution in [2.24, 2.45) is 5.92 Å². The standard InChI is InChI=1S/C28H29ClO2/c1-19(15-16-31-27-13-6-23(7-14-27)17-21(3)22(4)30)24-8-10-25(11-9-24)28-18-26(29)12-5-20(28)2/h5-15,18,21H,16-17H2,1-4H3/b19-15+. The summed E-state index contributed by atoms with van der Waals surface area (Å²) in [5.74, 6) is 1.10. The van der Waals surface area contributed by atoms with Crippen molar-refractivity contribution in [3.05, 3.63) is 94.5 Å². The van der Waals surface area contributed by atoms with Gasteiger partial charge in [0.05, 0.1) is 0 Å². The molecule has 0 amide bonds. The quantitative estimate of drug-likeness (QED) is 0.367. The lowest BCUT2D eigenvalue weighted by molar-refractivity contribution is -0.120. The van der Waals surface area contributed by atoms with Crippen molar-refractivity contribution in [2.45, 2.75) is 34.1 Å². The van der Waals surface area contributed by atoms with Gasteiger partial charge in [-0.1, -0.05) is 61.0 Å². The van der Waals surface area contributed by atoms with Gasteiger partial charge in [0.2, 0.25) is 0 Å². The number of hydrogen-bond acceptors (Lipinski definition) is 2. The van der Waals surface area contributed by atoms with Gasteiger partial charge in [0.25, 0.3) is 0 Å². The molecule has 3 aromatic carbocycles. The van der Waals surface area contributed by atoms with Crippen LogP contribution in [0, 0.1) is 12.8 Å². The van der Waals surface area contributed by atoms with E-state index in [-0.39, 0.29) is 11.7 Å². The van der Waals surface area contributed by atoms with Crippen molar-refractivity contribution in [1.82, 2.24) is 0 Å². The van der Waals surface area contributed by atoms with Crippen LogP contribution in [0.1, 0.15) is 37.5 Å². The van der Waals surface area contributed by atoms with E-state index in [4.69, 9.17) is 16.3 Å². The predicted molar refractivity (Wildman–Crippen MR) is 131 cm³/mol. The van der Waals surface area contributed by atoms with Crippen molar-refractivity contribution < 1.29 is 9.53 Å². The van der Waals surface area contributed by atoms with Crippen LogP contribution in [0.3, 0.4) is 0 Å². The van der Waals surface area contributed by atoms with Crippen molar-refractivity contribution in [2.75, 3.05) is 6.61 Å². The molecule has 2 nitrogen and oxygen atoms in total. The Balaban J connectivity index is 1.59. The number of hydrogen-bond donors (Lipinski definition) is 0. The highest BCUT2D eigenvalue weighted by Crippen LogP contribution is 2.28. The Kier molecular flexibility index (Phi) is 7.70. The van der Waals surface area contributed by atoms with E-state index in [2.05, 4.69) is 44.2 Å². The maximum absolute atomic E-state index is 11.4. The van der Waals surface area contributed by atoms with E-state index >= 15 is 0 Å². The highest BCUT2D eigenvalue weighted by atomic mass is 35.5. The zero-order valence-electron chi connectivity index (χ0n) is 18.6. The number of aryl methyl sites for hydroxylation is 1. The van der Waals surface area contributed by atoms with Crippen LogP contribution < -0.4 is 4.74 Å². The summed E-state index contributed by atoms with van der Waals surface area (Å²) in [5.41, 5.74) is 7.01. The maximum Gasteiger partial charge on any atom is 0.132 e. The Morgan fingerprint density at radius 1 is 1.00 bits per heavy atom. The van der Waals surface area contributed by atoms with E-state index in [1.54, 1.807) is 6.92 Å². The lowest BCUT2D eigenvalue weighted by Crippen LogP contribution is -2.09. The summed E-state index contributed by atoms with van der Waals surface area (Å²) >= 11 is 6.16. The Morgan fingerprint density at radius 3 is 2.32 bits per heavy atom. The number of carbonyl (C=O) groups is 1. The minimum absolute atomic E-state index is 0.0477. The summed E-state index contributed by atoms with van der Waals surface area (Å²) in [6.07, 6.45) is 2.85. The predicted octanol–water partition coefficient (Wildman–Crippen LogP) is 7.57. The Labute approximate surface area is 190 Å². The van der Waals surface area contributed by atoms with Gasteiger partial charge < -0.3 is 4.74 Å². The number of Topliss-reactive ketones (excluding diaryl/α,β-unsaturated/α-hetero) is 1. The number of benzene rings is 3. The van der Waals surface area contributed by atoms with Crippen molar-refractivity contribution in [1.29, 1.82) is 0 Å². The van der Waals surface area contributed by atoms with Crippen LogP contribution in [0.5, 0.6) is 5.75 Å². The first kappa shape index (κ1) is 22.8. The average Bonchev–Trinajstić information content (AvgIpc) is 2.76. The number of carbonyl (C=O) groups excluding carboxylic acids is 1. The first-order chi connectivity index (χ1) is 14.8. The third kappa shape index (κ3) is 6.32. The maximum atomic E-state index is 11.4. The average molecular weight is 433 g/mol. The molecule has 160 valence electrons. The van der Waals surface area contributed by atoms with E-state index < -0.39 is 0 Å². The smallest absolute Gasteiger partial charge is 0.132 e. The summed E-state index contributed by atoms with van der Waals surface area (Å²) in [7, 11) is 0. The van der Waals surface area contributed by atoms with E-state index in [1.165, 1.54) is 16.7 Å². The Bertz CT molecular complexity index is 1060. The molecule has 0 saturated carbocycles. The molecule has 0 aliphatic carbocycles. The summed E-state index contributed by atoms with van der Waals surface area (Å²) in [6.45, 7) is 8.30. The molecule has 3 rings (SSSR count). The summed E-state index contributed by atoms with van der Waals surface area (Å²) in [6, 6.07) is 22.5. The second-order valence-corrected chi connectivity index (χ2v) is 8.53. The first-order valence-electron chi connectivity index (χ1n) is 10.6. The second kappa shape index (κ2) is 10.5. The Hall–Kier alpha value is -2.84. The molecule has 0 aromatic heterocycles. The highest BCUT2D eigenvalue weighted by Gasteiger charge is 2.08. The van der Waals surface area contributed by atoms with Gasteiger partial charge in [-0.25, -0.2) is 0 Å². The molecular weight excluding hydrogens is 404 g/mol. The molecule has 1 unspecified atom stereocenters. The molecule has 0 radical (unpaired) electrons. The van der Waals surface area contributed by atoms with Gasteiger partial charge in [-0.15, -0.1) is 0 Å². The molecule has 0 aliphatic rings. The van der Waals surface area contributed by atoms with Crippen LogP contribution in [0.2, 0.25) is 5.02 Å². The topological polar surface area (TPSA) is 26.3 Å². The number of ether oxygens (including phenoxy) is 1. The van der Waals surface area contributed by atoms with Crippen LogP contribution in [-0.2, 0) is 11.2 Å². The second-order valence-electron chi connectivity index (χ2n) is 8.09. The molecule has 3 aromatic rings. The monoisotopic (exact) mass is 432 g/mol. The fraction of sp³-hybridized carbons (Fsp3) is 0.250. The fourth-order valence-electron chi connectivity index (χ4n) is 3.42. The van der Waals surface area contributed by atoms with Gasteiger partial charge in [0.1, 0.15) is 18.1 Å². The van der Waals surface area contributed by atoms with Crippen molar-refractivity contribution in [3.63, 3.8) is 0 Å². The molecule has 1 atom stereocenters. The SMILES string of the molecule is CC(=O)C(C)Cc1ccc(OC/C=C(\C)c2ccc(-c3cc(Cl)ccc3C)cc2)cc1. The molecule has 31 heavy (non-hydrogen) atoms. The minimum Gasteiger partial charge on any atom is -0.490 e. The first-order valence-corrected chi connectivity index (χ1v) is 11.0. The molecule has 0 N–H and O–H groups in total. The third-order valence-corrected chi connectivity index (χ3v) is 5.88. The van der Waals surface area contributed by atoms with Crippen molar-refractivity contribution in [3.8, 4) is 16.9 Å². The van der Waals surface area contributed by atoms with E-state index in [0.29, 0.717) is 6.61 Å². The van der Waals surface area contributed by atoms with Crippen LogP contribution in [-0.4, -0.2) is 12.4 Å². The van der Waals surface area contributed by atoms with Crippen LogP contribution in [0.25, 0.3) is 16.7 Å². The van der Waals surface area contributed by atoms with Gasteiger partial charge in [0, 0.05) is 10.9 Å². The molecule has 3 heteroatoms. The molecule has 0 aliphatic heterocycles. The zero-order valence-corrected chi connectivity index (χ0v) is 19.4. The fourth-order valence-corrected chi connectivity index (χ4v) is 3.59. The van der Waals surface area contributed by atoms with E-state index in [0.717, 1.165) is 33.9 Å². The zero-order chi connectivity index (χ0) is 22.4. The number of halogens is 1. The summed E-state index contributed by atoms with van der Waals surface area (Å²) < 4.78 is 5.87. The molecule has 0 bridgehead atoms. The number of rotatable bonds is 8. The van der Waals surface area contributed by atoms with Crippen LogP contribution in [0.4, 0.5) is 0 Å². The van der Waals surface area contributed by atoms with Gasteiger partial charge >= 0.3 is 0 Å². The molecule has 0 fully saturated rings. The van der Waals surface area contributed by atoms with Gasteiger partial charge in [0.15, 0.2) is 0 Å². The van der Waals surface area contributed by atoms with Gasteiger partial charge in [-0.3, -0.25) is 4.79 Å². The van der Waals surface area contributed by atoms with Gasteiger partial charge in [-0.2, -0.15) is 0 Å². The van der Waals surface area contributed by atoms with Crippen molar-refractivity contribution >= 4 is 23.0 Å². The minimum atomic E-state index is 0.0477. The highest BCUT2D eigenvalue weighted by molar-refractivity contribution is 6.30. The summed E-state index contributed by atoms with van der Waals surface area (Å²) in [5, 5.41) is 0.749. The molecule has 0 heterocycles. The third-order valence-electron chi connectivity index (χ3n) is 5.65. The van der Waals surface area contributed by atoms with E-state index in [9.17, 15) is 4.79 Å². The lowest BCUT2D eigenvalue weighted by Gasteiger charge is -2.10. The van der Waals surface area contributed by atoms with E-state index in [1.807, 2.05) is 49.4 Å². The molecule has 0 spiro atoms. The molecular formula is C28H29ClO2.